The maximum Gasteiger partial charge on any atom is 0.240 e. The summed E-state index contributed by atoms with van der Waals surface area (Å²) in [6, 6.07) is 0. The smallest absolute Gasteiger partial charge is 0.240 e. The number of nitrogens with two attached hydrogens (primary N) is 2. The second-order valence-electron chi connectivity index (χ2n) is 3.09. The van der Waals surface area contributed by atoms with Crippen LogP contribution in [0, 0.1) is 0 Å². The van der Waals surface area contributed by atoms with Crippen molar-refractivity contribution in [3.8, 4) is 0 Å². The number of hydrogen-bond acceptors (Lipinski definition) is 9. The Labute approximate surface area is 89.0 Å². The molecule has 0 atom stereocenters. The molecule has 0 radical (unpaired) electrons. The zero-order valence-electron chi connectivity index (χ0n) is 8.17. The SMILES string of the molecule is Nc1nnnn1CC(O)Cn1nnnc1N. The van der Waals surface area contributed by atoms with Gasteiger partial charge >= 0.3 is 0 Å². The van der Waals surface area contributed by atoms with E-state index in [1.165, 1.54) is 9.36 Å². The number of aliphatic hydroxyl groups excluding tert-OH is 1. The average molecular weight is 226 g/mol. The molecular weight excluding hydrogens is 216 g/mol. The minimum atomic E-state index is -0.795. The lowest BCUT2D eigenvalue weighted by Gasteiger charge is -2.10. The maximum atomic E-state index is 9.70. The second-order valence-corrected chi connectivity index (χ2v) is 3.09. The highest BCUT2D eigenvalue weighted by Gasteiger charge is 2.12. The third-order valence-corrected chi connectivity index (χ3v) is 1.89. The van der Waals surface area contributed by atoms with Gasteiger partial charge in [0.15, 0.2) is 0 Å². The van der Waals surface area contributed by atoms with Gasteiger partial charge in [0.1, 0.15) is 0 Å². The number of hydrogen-bond donors (Lipinski definition) is 3. The molecule has 11 nitrogen and oxygen atoms in total. The molecule has 0 amide bonds. The summed E-state index contributed by atoms with van der Waals surface area (Å²) in [5.74, 6) is 0.257. The molecule has 0 fully saturated rings. The number of nitrogen functional groups attached to an aromatic ring is 2. The van der Waals surface area contributed by atoms with Crippen LogP contribution >= 0.6 is 0 Å². The van der Waals surface area contributed by atoms with Crippen molar-refractivity contribution in [3.63, 3.8) is 0 Å². The van der Waals surface area contributed by atoms with Crippen LogP contribution in [0.2, 0.25) is 0 Å². The number of nitrogens with zero attached hydrogens (tertiary/aromatic N) is 8. The van der Waals surface area contributed by atoms with Crippen LogP contribution < -0.4 is 11.5 Å². The van der Waals surface area contributed by atoms with Crippen LogP contribution in [-0.4, -0.2) is 51.6 Å². The highest BCUT2D eigenvalue weighted by Crippen LogP contribution is 2.00. The first kappa shape index (κ1) is 10.2. The number of aromatic nitrogens is 8. The molecule has 86 valence electrons. The Morgan fingerprint density at radius 3 is 1.75 bits per heavy atom. The van der Waals surface area contributed by atoms with Crippen molar-refractivity contribution in [3.05, 3.63) is 0 Å². The molecule has 0 aliphatic rings. The van der Waals surface area contributed by atoms with Gasteiger partial charge in [-0.25, -0.2) is 9.36 Å². The first-order valence-corrected chi connectivity index (χ1v) is 4.38. The van der Waals surface area contributed by atoms with Gasteiger partial charge < -0.3 is 16.6 Å². The van der Waals surface area contributed by atoms with Crippen LogP contribution in [0.3, 0.4) is 0 Å². The highest BCUT2D eigenvalue weighted by molar-refractivity contribution is 5.11. The number of rotatable bonds is 4. The van der Waals surface area contributed by atoms with Crippen LogP contribution in [0.25, 0.3) is 0 Å². The van der Waals surface area contributed by atoms with Crippen molar-refractivity contribution in [2.45, 2.75) is 19.2 Å². The second kappa shape index (κ2) is 4.06. The van der Waals surface area contributed by atoms with Crippen molar-refractivity contribution in [1.82, 2.24) is 40.4 Å². The standard InChI is InChI=1S/C5H10N10O/c6-4-8-10-12-14(4)1-3(16)2-15-5(7)9-11-13-15/h3,16H,1-2H2,(H2,6,8,12)(H2,7,9,13). The highest BCUT2D eigenvalue weighted by atomic mass is 16.3. The van der Waals surface area contributed by atoms with Gasteiger partial charge in [-0.05, 0) is 20.9 Å². The fourth-order valence-corrected chi connectivity index (χ4v) is 1.14. The van der Waals surface area contributed by atoms with E-state index in [2.05, 4.69) is 31.1 Å². The fraction of sp³-hybridized carbons (Fsp3) is 0.600. The predicted octanol–water partition coefficient (Wildman–Crippen LogP) is -3.11. The topological polar surface area (TPSA) is 159 Å². The van der Waals surface area contributed by atoms with E-state index in [1.807, 2.05) is 0 Å². The van der Waals surface area contributed by atoms with Gasteiger partial charge in [0.05, 0.1) is 19.2 Å². The Hall–Kier alpha value is -2.30. The summed E-state index contributed by atoms with van der Waals surface area (Å²) in [6.45, 7) is 0.274. The summed E-state index contributed by atoms with van der Waals surface area (Å²) in [5, 5.41) is 30.5. The lowest BCUT2D eigenvalue weighted by molar-refractivity contribution is 0.126. The summed E-state index contributed by atoms with van der Waals surface area (Å²) in [6.07, 6.45) is -0.795. The molecule has 0 aliphatic heterocycles. The van der Waals surface area contributed by atoms with E-state index in [4.69, 9.17) is 11.5 Å². The normalized spacial score (nSPS) is 11.1. The monoisotopic (exact) mass is 226 g/mol. The van der Waals surface area contributed by atoms with E-state index in [-0.39, 0.29) is 25.0 Å². The number of tetrazole rings is 2. The van der Waals surface area contributed by atoms with Gasteiger partial charge in [0, 0.05) is 0 Å². The van der Waals surface area contributed by atoms with Gasteiger partial charge in [-0.3, -0.25) is 0 Å². The van der Waals surface area contributed by atoms with Crippen molar-refractivity contribution in [2.24, 2.45) is 0 Å². The summed E-state index contributed by atoms with van der Waals surface area (Å²) in [4.78, 5) is 0. The van der Waals surface area contributed by atoms with Gasteiger partial charge in [-0.15, -0.1) is 0 Å². The van der Waals surface area contributed by atoms with E-state index in [0.717, 1.165) is 0 Å². The van der Waals surface area contributed by atoms with Crippen LogP contribution in [0.5, 0.6) is 0 Å². The van der Waals surface area contributed by atoms with Crippen molar-refractivity contribution in [2.75, 3.05) is 11.5 Å². The molecule has 5 N–H and O–H groups in total. The Morgan fingerprint density at radius 2 is 1.44 bits per heavy atom. The Kier molecular flexibility index (Phi) is 2.59. The fourth-order valence-electron chi connectivity index (χ4n) is 1.14. The minimum Gasteiger partial charge on any atom is -0.389 e. The van der Waals surface area contributed by atoms with E-state index < -0.39 is 6.10 Å². The molecule has 2 aromatic heterocycles. The van der Waals surface area contributed by atoms with Gasteiger partial charge in [0.25, 0.3) is 0 Å². The summed E-state index contributed by atoms with van der Waals surface area (Å²) >= 11 is 0. The van der Waals surface area contributed by atoms with Crippen molar-refractivity contribution in [1.29, 1.82) is 0 Å². The van der Waals surface area contributed by atoms with Crippen LogP contribution in [0.1, 0.15) is 0 Å². The lowest BCUT2D eigenvalue weighted by Crippen LogP contribution is -2.25. The minimum absolute atomic E-state index is 0.128. The molecule has 0 aromatic carbocycles. The molecule has 0 bridgehead atoms. The largest absolute Gasteiger partial charge is 0.389 e. The maximum absolute atomic E-state index is 9.70. The molecule has 2 aromatic rings. The summed E-state index contributed by atoms with van der Waals surface area (Å²) in [5.41, 5.74) is 10.9. The van der Waals surface area contributed by atoms with Gasteiger partial charge in [-0.2, -0.15) is 0 Å². The summed E-state index contributed by atoms with van der Waals surface area (Å²) in [7, 11) is 0. The predicted molar refractivity (Wildman–Crippen MR) is 50.5 cm³/mol. The Balaban J connectivity index is 1.97. The average Bonchev–Trinajstić information content (AvgIpc) is 2.79. The molecule has 0 spiro atoms. The molecular formula is C5H10N10O. The molecule has 0 saturated carbocycles. The summed E-state index contributed by atoms with van der Waals surface area (Å²) < 4.78 is 2.54. The number of aliphatic hydroxyl groups is 1. The van der Waals surface area contributed by atoms with E-state index in [9.17, 15) is 5.11 Å². The molecule has 11 heteroatoms. The van der Waals surface area contributed by atoms with Crippen molar-refractivity contribution < 1.29 is 5.11 Å². The molecule has 0 aliphatic carbocycles. The lowest BCUT2D eigenvalue weighted by atomic mass is 10.3. The van der Waals surface area contributed by atoms with Crippen molar-refractivity contribution >= 4 is 11.9 Å². The molecule has 2 heterocycles. The third-order valence-electron chi connectivity index (χ3n) is 1.89. The van der Waals surface area contributed by atoms with Crippen LogP contribution in [0.15, 0.2) is 0 Å². The van der Waals surface area contributed by atoms with E-state index in [1.54, 1.807) is 0 Å². The quantitative estimate of drug-likeness (QED) is 0.490. The first-order chi connectivity index (χ1) is 7.66. The molecule has 2 rings (SSSR count). The zero-order chi connectivity index (χ0) is 11.5. The molecule has 0 saturated heterocycles. The van der Waals surface area contributed by atoms with Crippen LogP contribution in [-0.2, 0) is 13.1 Å². The van der Waals surface area contributed by atoms with Gasteiger partial charge in [-0.1, -0.05) is 10.2 Å². The Bertz CT molecular complexity index is 419. The van der Waals surface area contributed by atoms with Gasteiger partial charge in [0.2, 0.25) is 11.9 Å². The Morgan fingerprint density at radius 1 is 1.00 bits per heavy atom. The number of anilines is 2. The first-order valence-electron chi connectivity index (χ1n) is 4.38. The third kappa shape index (κ3) is 2.03. The zero-order valence-corrected chi connectivity index (χ0v) is 8.17. The molecule has 0 unspecified atom stereocenters. The van der Waals surface area contributed by atoms with Crippen LogP contribution in [0.4, 0.5) is 11.9 Å². The van der Waals surface area contributed by atoms with E-state index in [0.29, 0.717) is 0 Å². The molecule has 16 heavy (non-hydrogen) atoms. The van der Waals surface area contributed by atoms with E-state index >= 15 is 0 Å².